The van der Waals surface area contributed by atoms with Crippen LogP contribution < -0.4 is 20.7 Å². The summed E-state index contributed by atoms with van der Waals surface area (Å²) in [6.07, 6.45) is 4.85. The summed E-state index contributed by atoms with van der Waals surface area (Å²) in [7, 11) is 0. The summed E-state index contributed by atoms with van der Waals surface area (Å²) in [6.45, 7) is 4.00. The van der Waals surface area contributed by atoms with E-state index < -0.39 is 0 Å². The zero-order valence-corrected chi connectivity index (χ0v) is 27.2. The van der Waals surface area contributed by atoms with Gasteiger partial charge in [0.25, 0.3) is 11.8 Å². The molecule has 3 N–H and O–H groups in total. The van der Waals surface area contributed by atoms with Crippen LogP contribution in [0.3, 0.4) is 0 Å². The lowest BCUT2D eigenvalue weighted by Gasteiger charge is -2.21. The predicted molar refractivity (Wildman–Crippen MR) is 188 cm³/mol. The van der Waals surface area contributed by atoms with Crippen LogP contribution in [0.15, 0.2) is 109 Å². The van der Waals surface area contributed by atoms with Gasteiger partial charge in [-0.15, -0.1) is 0 Å². The third kappa shape index (κ3) is 8.01. The molecular weight excluding hydrogens is 598 g/mol. The molecule has 0 aliphatic heterocycles. The van der Waals surface area contributed by atoms with Crippen LogP contribution in [0.4, 0.5) is 5.69 Å². The van der Waals surface area contributed by atoms with Crippen molar-refractivity contribution in [1.82, 2.24) is 20.4 Å². The molecule has 8 nitrogen and oxygen atoms in total. The molecule has 2 fully saturated rings. The fourth-order valence-corrected chi connectivity index (χ4v) is 5.82. The fraction of sp³-hybridized carbons (Fsp3) is 0.275. The van der Waals surface area contributed by atoms with Gasteiger partial charge in [0.1, 0.15) is 18.1 Å². The van der Waals surface area contributed by atoms with Crippen LogP contribution in [-0.4, -0.2) is 34.7 Å². The molecule has 0 spiro atoms. The van der Waals surface area contributed by atoms with Crippen molar-refractivity contribution in [3.8, 4) is 11.4 Å². The van der Waals surface area contributed by atoms with Gasteiger partial charge >= 0.3 is 0 Å². The number of aromatic nitrogens is 2. The van der Waals surface area contributed by atoms with E-state index in [1.807, 2.05) is 67.6 Å². The third-order valence-corrected chi connectivity index (χ3v) is 8.91. The molecule has 0 saturated heterocycles. The Balaban J connectivity index is 1.07. The molecule has 2 amide bonds. The number of carbonyl (C=O) groups is 2. The molecule has 2 saturated carbocycles. The molecule has 2 aliphatic rings. The molecule has 0 bridgehead atoms. The van der Waals surface area contributed by atoms with E-state index in [0.717, 1.165) is 29.0 Å². The van der Waals surface area contributed by atoms with Crippen molar-refractivity contribution in [2.24, 2.45) is 11.8 Å². The summed E-state index contributed by atoms with van der Waals surface area (Å²) in [5.41, 5.74) is 6.30. The number of amides is 2. The minimum atomic E-state index is -0.279. The molecular formula is C40H41N5O3. The van der Waals surface area contributed by atoms with Gasteiger partial charge in [0.05, 0.1) is 17.4 Å². The van der Waals surface area contributed by atoms with Gasteiger partial charge in [-0.3, -0.25) is 9.59 Å². The van der Waals surface area contributed by atoms with Crippen LogP contribution in [0.1, 0.15) is 75.0 Å². The van der Waals surface area contributed by atoms with Gasteiger partial charge in [-0.1, -0.05) is 60.7 Å². The number of nitrogens with one attached hydrogen (secondary N) is 3. The van der Waals surface area contributed by atoms with Crippen LogP contribution in [0, 0.1) is 18.8 Å². The van der Waals surface area contributed by atoms with Crippen LogP contribution in [0.5, 0.6) is 5.75 Å². The van der Waals surface area contributed by atoms with Crippen molar-refractivity contribution in [2.45, 2.75) is 45.3 Å². The van der Waals surface area contributed by atoms with Gasteiger partial charge in [-0.25, -0.2) is 4.68 Å². The van der Waals surface area contributed by atoms with E-state index in [-0.39, 0.29) is 17.9 Å². The van der Waals surface area contributed by atoms with Gasteiger partial charge in [0, 0.05) is 17.8 Å². The molecule has 1 atom stereocenters. The van der Waals surface area contributed by atoms with Crippen LogP contribution in [0.25, 0.3) is 5.69 Å². The second-order valence-corrected chi connectivity index (χ2v) is 13.0. The Hall–Kier alpha value is -5.21. The fourth-order valence-electron chi connectivity index (χ4n) is 5.82. The highest BCUT2D eigenvalue weighted by atomic mass is 16.5. The molecule has 1 heterocycles. The Morgan fingerprint density at radius 3 is 2.31 bits per heavy atom. The first-order valence-corrected chi connectivity index (χ1v) is 16.9. The number of anilines is 1. The van der Waals surface area contributed by atoms with Gasteiger partial charge in [-0.2, -0.15) is 5.10 Å². The summed E-state index contributed by atoms with van der Waals surface area (Å²) in [5.74, 6) is 1.72. The summed E-state index contributed by atoms with van der Waals surface area (Å²) in [4.78, 5) is 26.5. The van der Waals surface area contributed by atoms with Crippen molar-refractivity contribution in [2.75, 3.05) is 18.4 Å². The monoisotopic (exact) mass is 639 g/mol. The molecule has 1 unspecified atom stereocenters. The average molecular weight is 640 g/mol. The third-order valence-electron chi connectivity index (χ3n) is 8.91. The molecule has 5 aromatic rings. The number of ether oxygens (including phenoxy) is 1. The Bertz CT molecular complexity index is 1880. The van der Waals surface area contributed by atoms with Gasteiger partial charge < -0.3 is 20.7 Å². The first kappa shape index (κ1) is 31.4. The lowest BCUT2D eigenvalue weighted by Crippen LogP contribution is -2.25. The predicted octanol–water partition coefficient (Wildman–Crippen LogP) is 7.24. The maximum Gasteiger partial charge on any atom is 0.274 e. The SMILES string of the molecule is Cc1cc(C(=O)Nc2cccc(C(NCC3CC3)c3ccc(OCc4ccccc4)cc3)c2)n(-c2cccc(C(=O)NCC3CC3)c2)n1. The average Bonchev–Trinajstić information content (AvgIpc) is 4.06. The van der Waals surface area contributed by atoms with E-state index in [4.69, 9.17) is 4.74 Å². The first-order valence-electron chi connectivity index (χ1n) is 16.9. The molecule has 0 radical (unpaired) electrons. The second-order valence-electron chi connectivity index (χ2n) is 13.0. The standard InChI is InChI=1S/C40H41N5O3/c1-27-21-37(45(44-27)35-12-6-10-33(23-35)39(46)42-25-29-15-16-29)40(47)43-34-11-5-9-32(22-34)38(41-24-28-13-14-28)31-17-19-36(20-18-31)48-26-30-7-3-2-4-8-30/h2-12,17-23,28-29,38,41H,13-16,24-26H2,1H3,(H,42,46)(H,43,47). The highest BCUT2D eigenvalue weighted by Gasteiger charge is 2.25. The quantitative estimate of drug-likeness (QED) is 0.119. The van der Waals surface area contributed by atoms with Gasteiger partial charge in [0.15, 0.2) is 0 Å². The molecule has 7 rings (SSSR count). The highest BCUT2D eigenvalue weighted by molar-refractivity contribution is 6.03. The lowest BCUT2D eigenvalue weighted by molar-refractivity contribution is 0.0951. The van der Waals surface area contributed by atoms with Gasteiger partial charge in [0.2, 0.25) is 0 Å². The normalized spacial score (nSPS) is 14.7. The number of carbonyl (C=O) groups excluding carboxylic acids is 2. The minimum absolute atomic E-state index is 0.0489. The molecule has 4 aromatic carbocycles. The summed E-state index contributed by atoms with van der Waals surface area (Å²) in [6, 6.07) is 35.4. The van der Waals surface area contributed by atoms with Crippen molar-refractivity contribution >= 4 is 17.5 Å². The van der Waals surface area contributed by atoms with Crippen LogP contribution in [-0.2, 0) is 6.61 Å². The smallest absolute Gasteiger partial charge is 0.274 e. The largest absolute Gasteiger partial charge is 0.489 e. The second kappa shape index (κ2) is 14.3. The van der Waals surface area contributed by atoms with E-state index >= 15 is 0 Å². The number of nitrogens with zero attached hydrogens (tertiary/aromatic N) is 2. The number of rotatable bonds is 14. The van der Waals surface area contributed by atoms with Gasteiger partial charge in [-0.05, 0) is 116 Å². The highest BCUT2D eigenvalue weighted by Crippen LogP contribution is 2.32. The van der Waals surface area contributed by atoms with E-state index in [2.05, 4.69) is 51.4 Å². The lowest BCUT2D eigenvalue weighted by atomic mass is 9.97. The molecule has 2 aliphatic carbocycles. The maximum absolute atomic E-state index is 13.7. The number of aryl methyl sites for hydroxylation is 1. The zero-order chi connectivity index (χ0) is 32.9. The minimum Gasteiger partial charge on any atom is -0.489 e. The van der Waals surface area contributed by atoms with Crippen molar-refractivity contribution in [3.05, 3.63) is 143 Å². The Labute approximate surface area is 281 Å². The zero-order valence-electron chi connectivity index (χ0n) is 27.2. The first-order chi connectivity index (χ1) is 23.5. The number of benzene rings is 4. The van der Waals surface area contributed by atoms with E-state index in [1.54, 1.807) is 22.9 Å². The Kier molecular flexibility index (Phi) is 9.34. The molecule has 48 heavy (non-hydrogen) atoms. The van der Waals surface area contributed by atoms with Crippen molar-refractivity contribution < 1.29 is 14.3 Å². The van der Waals surface area contributed by atoms with Crippen molar-refractivity contribution in [3.63, 3.8) is 0 Å². The maximum atomic E-state index is 13.7. The van der Waals surface area contributed by atoms with E-state index in [1.165, 1.54) is 25.7 Å². The van der Waals surface area contributed by atoms with Crippen LogP contribution >= 0.6 is 0 Å². The number of hydrogen-bond acceptors (Lipinski definition) is 5. The summed E-state index contributed by atoms with van der Waals surface area (Å²) in [5, 5.41) is 14.5. The van der Waals surface area contributed by atoms with E-state index in [0.29, 0.717) is 53.3 Å². The van der Waals surface area contributed by atoms with E-state index in [9.17, 15) is 9.59 Å². The Morgan fingerprint density at radius 2 is 1.54 bits per heavy atom. The summed E-state index contributed by atoms with van der Waals surface area (Å²) < 4.78 is 7.64. The van der Waals surface area contributed by atoms with Crippen LogP contribution in [0.2, 0.25) is 0 Å². The summed E-state index contributed by atoms with van der Waals surface area (Å²) >= 11 is 0. The Morgan fingerprint density at radius 1 is 0.792 bits per heavy atom. The number of hydrogen-bond donors (Lipinski definition) is 3. The van der Waals surface area contributed by atoms with Crippen molar-refractivity contribution in [1.29, 1.82) is 0 Å². The molecule has 8 heteroatoms. The molecule has 1 aromatic heterocycles. The topological polar surface area (TPSA) is 97.3 Å². The molecule has 244 valence electrons.